The van der Waals surface area contributed by atoms with Crippen molar-refractivity contribution < 1.29 is 23.1 Å². The molecule has 45 heavy (non-hydrogen) atoms. The molecule has 0 aliphatic carbocycles. The first-order valence-electron chi connectivity index (χ1n) is 15.8. The first-order valence-corrected chi connectivity index (χ1v) is 15.8. The molecule has 3 fully saturated rings. The topological polar surface area (TPSA) is 101 Å². The molecule has 0 spiro atoms. The number of likely N-dealkylation sites (tertiary alicyclic amines) is 1. The van der Waals surface area contributed by atoms with Crippen LogP contribution in [0, 0.1) is 29.4 Å². The number of carbonyl (C=O) groups excluding carboxylic acids is 2. The van der Waals surface area contributed by atoms with Crippen molar-refractivity contribution in [1.29, 1.82) is 0 Å². The number of benzene rings is 2. The number of imide groups is 1. The van der Waals surface area contributed by atoms with Gasteiger partial charge in [-0.2, -0.15) is 9.97 Å². The molecule has 3 saturated heterocycles. The molecule has 11 heteroatoms. The molecule has 0 bridgehead atoms. The number of hydrogen-bond acceptors (Lipinski definition) is 8. The summed E-state index contributed by atoms with van der Waals surface area (Å²) in [5.74, 6) is -1.38. The molecule has 0 saturated carbocycles. The molecule has 9 nitrogen and oxygen atoms in total. The Hall–Kier alpha value is -4.25. The van der Waals surface area contributed by atoms with Gasteiger partial charge >= 0.3 is 6.01 Å². The van der Waals surface area contributed by atoms with Gasteiger partial charge in [0.25, 0.3) is 0 Å². The number of carbonyl (C=O) groups is 2. The number of halogens is 2. The van der Waals surface area contributed by atoms with Crippen molar-refractivity contribution in [1.82, 2.24) is 25.2 Å². The number of rotatable bonds is 5. The molecule has 3 aliphatic heterocycles. The van der Waals surface area contributed by atoms with Gasteiger partial charge in [-0.15, -0.1) is 0 Å². The summed E-state index contributed by atoms with van der Waals surface area (Å²) in [4.78, 5) is 42.9. The van der Waals surface area contributed by atoms with Crippen LogP contribution in [0.5, 0.6) is 6.01 Å². The monoisotopic (exact) mass is 614 g/mol. The molecule has 3 aliphatic rings. The van der Waals surface area contributed by atoms with E-state index in [2.05, 4.69) is 27.2 Å². The Bertz CT molecular complexity index is 1770. The SMILES string of the molecule is CN1CCCC(COc2nc(N3CCC4CC(=O)NC(=O)C4C3)c3cnc(-c4cccc5cccc(F)c45)c(F)c3n2)CCC1. The smallest absolute Gasteiger partial charge is 0.319 e. The highest BCUT2D eigenvalue weighted by Crippen LogP contribution is 2.38. The van der Waals surface area contributed by atoms with E-state index >= 15 is 8.78 Å². The second-order valence-electron chi connectivity index (χ2n) is 12.6. The Morgan fingerprint density at radius 1 is 1.00 bits per heavy atom. The summed E-state index contributed by atoms with van der Waals surface area (Å²) in [5.41, 5.74) is 0.344. The number of anilines is 1. The second-order valence-corrected chi connectivity index (χ2v) is 12.6. The molecular weight excluding hydrogens is 578 g/mol. The van der Waals surface area contributed by atoms with Gasteiger partial charge in [-0.05, 0) is 75.5 Å². The van der Waals surface area contributed by atoms with E-state index in [4.69, 9.17) is 9.72 Å². The van der Waals surface area contributed by atoms with Gasteiger partial charge in [-0.25, -0.2) is 8.78 Å². The van der Waals surface area contributed by atoms with E-state index in [0.717, 1.165) is 38.8 Å². The lowest BCUT2D eigenvalue weighted by atomic mass is 9.80. The first kappa shape index (κ1) is 29.5. The number of amides is 2. The quantitative estimate of drug-likeness (QED) is 0.310. The van der Waals surface area contributed by atoms with E-state index in [0.29, 0.717) is 60.6 Å². The Kier molecular flexibility index (Phi) is 8.03. The standard InChI is InChI=1S/C34H36F2N6O3/c1-41-13-4-6-20(7-5-14-41)19-45-34-39-31-24(32(40-34)42-15-12-22-16-27(43)38-33(44)25(22)18-42)17-37-30(29(31)36)23-10-2-8-21-9-3-11-26(35)28(21)23/h2-3,8-11,17,20,22,25H,4-7,12-16,18-19H2,1H3,(H,38,43,44). The molecule has 2 unspecified atom stereocenters. The molecular formula is C34H36F2N6O3. The van der Waals surface area contributed by atoms with Gasteiger partial charge < -0.3 is 14.5 Å². The normalized spacial score (nSPS) is 21.8. The predicted molar refractivity (Wildman–Crippen MR) is 167 cm³/mol. The Morgan fingerprint density at radius 3 is 2.58 bits per heavy atom. The van der Waals surface area contributed by atoms with Crippen LogP contribution in [-0.2, 0) is 9.59 Å². The molecule has 0 radical (unpaired) electrons. The van der Waals surface area contributed by atoms with Crippen LogP contribution in [0.15, 0.2) is 42.6 Å². The minimum absolute atomic E-state index is 0.0122. The zero-order valence-electron chi connectivity index (χ0n) is 25.3. The fraction of sp³-hybridized carbons (Fsp3) is 0.441. The summed E-state index contributed by atoms with van der Waals surface area (Å²) in [6.45, 7) is 3.35. The van der Waals surface area contributed by atoms with Gasteiger partial charge in [-0.3, -0.25) is 19.9 Å². The minimum Gasteiger partial charge on any atom is -0.463 e. The van der Waals surface area contributed by atoms with Crippen LogP contribution < -0.4 is 15.0 Å². The lowest BCUT2D eigenvalue weighted by molar-refractivity contribution is -0.139. The number of piperidine rings is 2. The summed E-state index contributed by atoms with van der Waals surface area (Å²) in [5, 5.41) is 3.75. The Morgan fingerprint density at radius 2 is 1.78 bits per heavy atom. The fourth-order valence-electron chi connectivity index (χ4n) is 7.18. The van der Waals surface area contributed by atoms with Gasteiger partial charge in [0.15, 0.2) is 5.82 Å². The van der Waals surface area contributed by atoms with Gasteiger partial charge in [0.1, 0.15) is 22.8 Å². The number of nitrogens with zero attached hydrogens (tertiary/aromatic N) is 5. The van der Waals surface area contributed by atoms with E-state index in [1.165, 1.54) is 12.3 Å². The molecule has 2 amide bonds. The van der Waals surface area contributed by atoms with Crippen molar-refractivity contribution in [3.8, 4) is 17.3 Å². The zero-order valence-corrected chi connectivity index (χ0v) is 25.3. The summed E-state index contributed by atoms with van der Waals surface area (Å²) >= 11 is 0. The first-order chi connectivity index (χ1) is 21.9. The third-order valence-electron chi connectivity index (χ3n) is 9.61. The van der Waals surface area contributed by atoms with E-state index in [9.17, 15) is 9.59 Å². The highest BCUT2D eigenvalue weighted by atomic mass is 19.1. The number of ether oxygens (including phenoxy) is 1. The largest absolute Gasteiger partial charge is 0.463 e. The Labute approximate surface area is 260 Å². The average molecular weight is 615 g/mol. The highest BCUT2D eigenvalue weighted by molar-refractivity contribution is 6.01. The van der Waals surface area contributed by atoms with E-state index < -0.39 is 17.6 Å². The fourth-order valence-corrected chi connectivity index (χ4v) is 7.18. The number of fused-ring (bicyclic) bond motifs is 3. The number of aromatic nitrogens is 3. The van der Waals surface area contributed by atoms with Crippen LogP contribution in [0.4, 0.5) is 14.6 Å². The molecule has 2 aromatic carbocycles. The van der Waals surface area contributed by atoms with Gasteiger partial charge in [0.2, 0.25) is 11.8 Å². The molecule has 1 N–H and O–H groups in total. The number of hydrogen-bond donors (Lipinski definition) is 1. The average Bonchev–Trinajstić information content (AvgIpc) is 3.02. The van der Waals surface area contributed by atoms with Crippen LogP contribution in [-0.4, -0.2) is 71.5 Å². The molecule has 7 rings (SSSR count). The van der Waals surface area contributed by atoms with Gasteiger partial charge in [-0.1, -0.05) is 30.3 Å². The van der Waals surface area contributed by atoms with Gasteiger partial charge in [0.05, 0.1) is 17.9 Å². The van der Waals surface area contributed by atoms with Crippen molar-refractivity contribution in [2.75, 3.05) is 44.7 Å². The van der Waals surface area contributed by atoms with Crippen molar-refractivity contribution in [3.63, 3.8) is 0 Å². The lowest BCUT2D eigenvalue weighted by Gasteiger charge is -2.40. The lowest BCUT2D eigenvalue weighted by Crippen LogP contribution is -2.54. The maximum Gasteiger partial charge on any atom is 0.319 e. The molecule has 2 atom stereocenters. The maximum atomic E-state index is 16.6. The van der Waals surface area contributed by atoms with Crippen LogP contribution in [0.2, 0.25) is 0 Å². The van der Waals surface area contributed by atoms with E-state index in [1.807, 2.05) is 4.90 Å². The minimum atomic E-state index is -0.693. The summed E-state index contributed by atoms with van der Waals surface area (Å²) < 4.78 is 37.8. The molecule has 2 aromatic heterocycles. The number of pyridine rings is 1. The van der Waals surface area contributed by atoms with Crippen LogP contribution >= 0.6 is 0 Å². The van der Waals surface area contributed by atoms with Crippen molar-refractivity contribution >= 4 is 39.3 Å². The van der Waals surface area contributed by atoms with Crippen molar-refractivity contribution in [3.05, 3.63) is 54.2 Å². The van der Waals surface area contributed by atoms with Crippen molar-refractivity contribution in [2.24, 2.45) is 17.8 Å². The molecule has 234 valence electrons. The molecule has 4 aromatic rings. The van der Waals surface area contributed by atoms with Crippen LogP contribution in [0.25, 0.3) is 32.9 Å². The van der Waals surface area contributed by atoms with Crippen molar-refractivity contribution in [2.45, 2.75) is 38.5 Å². The number of nitrogens with one attached hydrogen (secondary N) is 1. The van der Waals surface area contributed by atoms with Crippen LogP contribution in [0.3, 0.4) is 0 Å². The summed E-state index contributed by atoms with van der Waals surface area (Å²) in [6.07, 6.45) is 6.62. The van der Waals surface area contributed by atoms with E-state index in [1.54, 1.807) is 30.3 Å². The third kappa shape index (κ3) is 5.81. The maximum absolute atomic E-state index is 16.6. The Balaban J connectivity index is 1.28. The summed E-state index contributed by atoms with van der Waals surface area (Å²) in [6, 6.07) is 9.99. The second kappa shape index (κ2) is 12.3. The zero-order chi connectivity index (χ0) is 31.1. The summed E-state index contributed by atoms with van der Waals surface area (Å²) in [7, 11) is 2.14. The molecule has 5 heterocycles. The van der Waals surface area contributed by atoms with Gasteiger partial charge in [0, 0.05) is 36.7 Å². The highest BCUT2D eigenvalue weighted by Gasteiger charge is 2.40. The van der Waals surface area contributed by atoms with Crippen LogP contribution in [0.1, 0.15) is 38.5 Å². The third-order valence-corrected chi connectivity index (χ3v) is 9.61. The van der Waals surface area contributed by atoms with E-state index in [-0.39, 0.29) is 40.3 Å². The predicted octanol–water partition coefficient (Wildman–Crippen LogP) is 5.11.